The number of rotatable bonds is 3. The molecule has 2 aromatic rings. The minimum absolute atomic E-state index is 0.614. The zero-order chi connectivity index (χ0) is 14.0. The van der Waals surface area contributed by atoms with Gasteiger partial charge in [0, 0.05) is 4.47 Å². The molecule has 1 N–H and O–H groups in total. The highest BCUT2D eigenvalue weighted by molar-refractivity contribution is 9.10. The van der Waals surface area contributed by atoms with Crippen molar-refractivity contribution in [1.82, 2.24) is 0 Å². The second kappa shape index (κ2) is 5.76. The van der Waals surface area contributed by atoms with Gasteiger partial charge in [-0.1, -0.05) is 28.1 Å². The highest BCUT2D eigenvalue weighted by atomic mass is 79.9. The molecule has 1 atom stereocenters. The van der Waals surface area contributed by atoms with Gasteiger partial charge in [0.1, 0.15) is 11.9 Å². The summed E-state index contributed by atoms with van der Waals surface area (Å²) in [4.78, 5) is 0. The van der Waals surface area contributed by atoms with Crippen LogP contribution in [-0.4, -0.2) is 12.2 Å². The quantitative estimate of drug-likeness (QED) is 0.920. The van der Waals surface area contributed by atoms with Gasteiger partial charge >= 0.3 is 0 Å². The van der Waals surface area contributed by atoms with E-state index in [2.05, 4.69) is 15.9 Å². The molecule has 0 aliphatic carbocycles. The van der Waals surface area contributed by atoms with E-state index in [4.69, 9.17) is 4.74 Å². The molecule has 0 saturated carbocycles. The van der Waals surface area contributed by atoms with Crippen LogP contribution >= 0.6 is 15.9 Å². The van der Waals surface area contributed by atoms with Crippen LogP contribution in [0, 0.1) is 13.8 Å². The molecule has 19 heavy (non-hydrogen) atoms. The van der Waals surface area contributed by atoms with Gasteiger partial charge in [0.2, 0.25) is 0 Å². The Balaban J connectivity index is 2.39. The summed E-state index contributed by atoms with van der Waals surface area (Å²) in [5.74, 6) is 0.881. The molecule has 0 amide bonds. The SMILES string of the molecule is COc1c(C)cc([C@H](O)c2ccc(Br)cc2)cc1C. The topological polar surface area (TPSA) is 29.5 Å². The van der Waals surface area contributed by atoms with Crippen molar-refractivity contribution in [2.45, 2.75) is 20.0 Å². The lowest BCUT2D eigenvalue weighted by atomic mass is 9.97. The normalized spacial score (nSPS) is 12.3. The van der Waals surface area contributed by atoms with Gasteiger partial charge in [0.25, 0.3) is 0 Å². The van der Waals surface area contributed by atoms with Crippen molar-refractivity contribution in [1.29, 1.82) is 0 Å². The molecule has 0 heterocycles. The summed E-state index contributed by atoms with van der Waals surface area (Å²) < 4.78 is 6.35. The first kappa shape index (κ1) is 14.1. The summed E-state index contributed by atoms with van der Waals surface area (Å²) in [5.41, 5.74) is 3.84. The number of aliphatic hydroxyl groups excluding tert-OH is 1. The van der Waals surface area contributed by atoms with E-state index in [1.807, 2.05) is 50.2 Å². The standard InChI is InChI=1S/C16H17BrO2/c1-10-8-13(9-11(2)16(10)19-3)15(18)12-4-6-14(17)7-5-12/h4-9,15,18H,1-3H3/t15-/m1/s1. The average molecular weight is 321 g/mol. The van der Waals surface area contributed by atoms with Crippen molar-refractivity contribution in [3.8, 4) is 5.75 Å². The minimum atomic E-state index is -0.614. The van der Waals surface area contributed by atoms with Crippen LogP contribution in [-0.2, 0) is 0 Å². The fourth-order valence-corrected chi connectivity index (χ4v) is 2.57. The van der Waals surface area contributed by atoms with Crippen LogP contribution in [0.4, 0.5) is 0 Å². The van der Waals surface area contributed by atoms with E-state index in [0.29, 0.717) is 0 Å². The number of methoxy groups -OCH3 is 1. The average Bonchev–Trinajstić information content (AvgIpc) is 2.38. The largest absolute Gasteiger partial charge is 0.496 e. The van der Waals surface area contributed by atoms with Gasteiger partial charge < -0.3 is 9.84 Å². The molecule has 0 aliphatic heterocycles. The molecule has 2 aromatic carbocycles. The molecule has 0 bridgehead atoms. The van der Waals surface area contributed by atoms with E-state index < -0.39 is 6.10 Å². The highest BCUT2D eigenvalue weighted by Crippen LogP contribution is 2.30. The number of benzene rings is 2. The van der Waals surface area contributed by atoms with E-state index in [1.54, 1.807) is 7.11 Å². The molecule has 0 unspecified atom stereocenters. The Morgan fingerprint density at radius 2 is 1.53 bits per heavy atom. The second-order valence-corrected chi connectivity index (χ2v) is 5.56. The molecule has 2 nitrogen and oxygen atoms in total. The fraction of sp³-hybridized carbons (Fsp3) is 0.250. The summed E-state index contributed by atoms with van der Waals surface area (Å²) in [5, 5.41) is 10.4. The van der Waals surface area contributed by atoms with Crippen LogP contribution in [0.3, 0.4) is 0 Å². The molecular weight excluding hydrogens is 304 g/mol. The summed E-state index contributed by atoms with van der Waals surface area (Å²) in [6.07, 6.45) is -0.614. The van der Waals surface area contributed by atoms with Crippen LogP contribution in [0.15, 0.2) is 40.9 Å². The molecule has 0 aliphatic rings. The fourth-order valence-electron chi connectivity index (χ4n) is 2.30. The number of halogens is 1. The summed E-state index contributed by atoms with van der Waals surface area (Å²) in [6.45, 7) is 3.98. The van der Waals surface area contributed by atoms with Crippen LogP contribution in [0.2, 0.25) is 0 Å². The Kier molecular flexibility index (Phi) is 4.27. The Labute approximate surface area is 122 Å². The maximum Gasteiger partial charge on any atom is 0.124 e. The Morgan fingerprint density at radius 3 is 2.00 bits per heavy atom. The molecule has 2 rings (SSSR count). The third-order valence-electron chi connectivity index (χ3n) is 3.19. The first-order valence-electron chi connectivity index (χ1n) is 6.11. The maximum absolute atomic E-state index is 10.4. The summed E-state index contributed by atoms with van der Waals surface area (Å²) in [6, 6.07) is 11.6. The molecule has 0 spiro atoms. The van der Waals surface area contributed by atoms with Crippen LogP contribution < -0.4 is 4.74 Å². The molecule has 3 heteroatoms. The van der Waals surface area contributed by atoms with Gasteiger partial charge in [0.15, 0.2) is 0 Å². The molecule has 0 saturated heterocycles. The van der Waals surface area contributed by atoms with Gasteiger partial charge in [-0.2, -0.15) is 0 Å². The second-order valence-electron chi connectivity index (χ2n) is 4.64. The Hall–Kier alpha value is -1.32. The first-order chi connectivity index (χ1) is 9.02. The van der Waals surface area contributed by atoms with Crippen molar-refractivity contribution in [3.63, 3.8) is 0 Å². The van der Waals surface area contributed by atoms with Gasteiger partial charge in [-0.25, -0.2) is 0 Å². The van der Waals surface area contributed by atoms with E-state index in [-0.39, 0.29) is 0 Å². The van der Waals surface area contributed by atoms with Crippen LogP contribution in [0.1, 0.15) is 28.4 Å². The molecule has 0 aromatic heterocycles. The lowest BCUT2D eigenvalue weighted by Crippen LogP contribution is -2.02. The molecular formula is C16H17BrO2. The van der Waals surface area contributed by atoms with Gasteiger partial charge in [0.05, 0.1) is 7.11 Å². The van der Waals surface area contributed by atoms with Crippen LogP contribution in [0.5, 0.6) is 5.75 Å². The van der Waals surface area contributed by atoms with Crippen molar-refractivity contribution >= 4 is 15.9 Å². The summed E-state index contributed by atoms with van der Waals surface area (Å²) >= 11 is 3.39. The van der Waals surface area contributed by atoms with E-state index in [0.717, 1.165) is 32.5 Å². The predicted molar refractivity (Wildman–Crippen MR) is 80.7 cm³/mol. The number of aryl methyl sites for hydroxylation is 2. The highest BCUT2D eigenvalue weighted by Gasteiger charge is 2.13. The monoisotopic (exact) mass is 320 g/mol. The number of hydrogen-bond acceptors (Lipinski definition) is 2. The number of aliphatic hydroxyl groups is 1. The minimum Gasteiger partial charge on any atom is -0.496 e. The van der Waals surface area contributed by atoms with E-state index >= 15 is 0 Å². The zero-order valence-corrected chi connectivity index (χ0v) is 12.9. The van der Waals surface area contributed by atoms with Crippen molar-refractivity contribution in [2.24, 2.45) is 0 Å². The first-order valence-corrected chi connectivity index (χ1v) is 6.91. The molecule has 0 radical (unpaired) electrons. The molecule has 100 valence electrons. The third kappa shape index (κ3) is 2.99. The smallest absolute Gasteiger partial charge is 0.124 e. The lowest BCUT2D eigenvalue weighted by Gasteiger charge is -2.16. The van der Waals surface area contributed by atoms with Crippen molar-refractivity contribution in [3.05, 3.63) is 63.1 Å². The van der Waals surface area contributed by atoms with E-state index in [1.165, 1.54) is 0 Å². The zero-order valence-electron chi connectivity index (χ0n) is 11.3. The predicted octanol–water partition coefficient (Wildman–Crippen LogP) is 4.16. The Morgan fingerprint density at radius 1 is 1.00 bits per heavy atom. The van der Waals surface area contributed by atoms with Gasteiger partial charge in [-0.15, -0.1) is 0 Å². The lowest BCUT2D eigenvalue weighted by molar-refractivity contribution is 0.220. The molecule has 0 fully saturated rings. The third-order valence-corrected chi connectivity index (χ3v) is 3.72. The Bertz CT molecular complexity index is 553. The van der Waals surface area contributed by atoms with Crippen molar-refractivity contribution in [2.75, 3.05) is 7.11 Å². The van der Waals surface area contributed by atoms with Gasteiger partial charge in [-0.3, -0.25) is 0 Å². The summed E-state index contributed by atoms with van der Waals surface area (Å²) in [7, 11) is 1.67. The number of ether oxygens (including phenoxy) is 1. The number of hydrogen-bond donors (Lipinski definition) is 1. The maximum atomic E-state index is 10.4. The van der Waals surface area contributed by atoms with Gasteiger partial charge in [-0.05, 0) is 60.4 Å². The van der Waals surface area contributed by atoms with Crippen LogP contribution in [0.25, 0.3) is 0 Å². The van der Waals surface area contributed by atoms with Crippen molar-refractivity contribution < 1.29 is 9.84 Å². The van der Waals surface area contributed by atoms with E-state index in [9.17, 15) is 5.11 Å².